The molecule has 0 aromatic heterocycles. The summed E-state index contributed by atoms with van der Waals surface area (Å²) in [5.74, 6) is 0. The predicted molar refractivity (Wildman–Crippen MR) is 350 cm³/mol. The Balaban J connectivity index is 0.000000547. The standard InChI is InChI=1S/2C36H60O3S.Ca/c2*1-3-5-7-9-11-13-15-17-19-21-23-26-32-28-25-29-34-31-35(40(37,38)39)30-33(36(32)34)27-24-22-20-18-16-14-12-10-8-6-4-2;/h2*25,28-31H,3-24,26-27H2,1-2H3,(H,37,38,39);/q;;+2/p-2. The molecule has 0 atom stereocenters. The zero-order chi connectivity index (χ0) is 57.8. The van der Waals surface area contributed by atoms with Crippen molar-refractivity contribution in [3.05, 3.63) is 82.9 Å². The Morgan fingerprint density at radius 2 is 0.469 bits per heavy atom. The molecule has 0 N–H and O–H groups in total. The summed E-state index contributed by atoms with van der Waals surface area (Å²) in [6.45, 7) is 9.07. The van der Waals surface area contributed by atoms with E-state index in [1.54, 1.807) is 24.3 Å². The first kappa shape index (κ1) is 75.6. The Morgan fingerprint density at radius 1 is 0.272 bits per heavy atom. The van der Waals surface area contributed by atoms with Gasteiger partial charge in [-0.15, -0.1) is 0 Å². The van der Waals surface area contributed by atoms with Crippen LogP contribution in [0, 0.1) is 0 Å². The first-order valence-electron chi connectivity index (χ1n) is 33.9. The summed E-state index contributed by atoms with van der Waals surface area (Å²) in [7, 11) is -8.95. The van der Waals surface area contributed by atoms with Gasteiger partial charge in [0.25, 0.3) is 0 Å². The van der Waals surface area contributed by atoms with Crippen LogP contribution >= 0.6 is 0 Å². The van der Waals surface area contributed by atoms with Gasteiger partial charge in [-0.25, -0.2) is 16.8 Å². The minimum Gasteiger partial charge on any atom is -0.744 e. The van der Waals surface area contributed by atoms with Crippen molar-refractivity contribution in [3.8, 4) is 0 Å². The first-order chi connectivity index (χ1) is 38.9. The van der Waals surface area contributed by atoms with E-state index in [0.717, 1.165) is 86.1 Å². The molecule has 4 aromatic carbocycles. The molecule has 0 radical (unpaired) electrons. The van der Waals surface area contributed by atoms with Crippen molar-refractivity contribution in [2.45, 2.75) is 346 Å². The Labute approximate surface area is 529 Å². The van der Waals surface area contributed by atoms with Crippen LogP contribution in [0.5, 0.6) is 0 Å². The Bertz CT molecular complexity index is 2230. The third-order valence-electron chi connectivity index (χ3n) is 17.0. The van der Waals surface area contributed by atoms with E-state index in [1.807, 2.05) is 24.3 Å². The Kier molecular flexibility index (Phi) is 45.3. The van der Waals surface area contributed by atoms with Crippen molar-refractivity contribution in [1.29, 1.82) is 0 Å². The van der Waals surface area contributed by atoms with Crippen LogP contribution < -0.4 is 0 Å². The van der Waals surface area contributed by atoms with E-state index in [4.69, 9.17) is 0 Å². The zero-order valence-electron chi connectivity index (χ0n) is 52.7. The Hall–Kier alpha value is -1.52. The van der Waals surface area contributed by atoms with E-state index in [2.05, 4.69) is 39.8 Å². The second kappa shape index (κ2) is 48.6. The summed E-state index contributed by atoms with van der Waals surface area (Å²) >= 11 is 0. The van der Waals surface area contributed by atoms with Crippen molar-refractivity contribution in [2.24, 2.45) is 0 Å². The molecule has 0 unspecified atom stereocenters. The molecule has 9 heteroatoms. The van der Waals surface area contributed by atoms with Gasteiger partial charge in [-0.3, -0.25) is 0 Å². The predicted octanol–water partition coefficient (Wildman–Crippen LogP) is 22.5. The second-order valence-corrected chi connectivity index (χ2v) is 27.0. The van der Waals surface area contributed by atoms with E-state index in [1.165, 1.54) is 266 Å². The summed E-state index contributed by atoms with van der Waals surface area (Å²) in [5, 5.41) is 4.18. The fraction of sp³-hybridized carbons (Fsp3) is 0.722. The molecule has 4 aromatic rings. The average molecular weight is 1180 g/mol. The molecular formula is C72H118CaO6S2. The quantitative estimate of drug-likeness (QED) is 0.0247. The summed E-state index contributed by atoms with van der Waals surface area (Å²) in [5.41, 5.74) is 4.70. The number of rotatable bonds is 50. The second-order valence-electron chi connectivity index (χ2n) is 24.2. The molecule has 0 saturated carbocycles. The number of hydrogen-bond acceptors (Lipinski definition) is 6. The topological polar surface area (TPSA) is 114 Å². The van der Waals surface area contributed by atoms with Gasteiger partial charge in [0.1, 0.15) is 20.2 Å². The molecule has 4 rings (SSSR count). The molecule has 81 heavy (non-hydrogen) atoms. The minimum atomic E-state index is -4.47. The van der Waals surface area contributed by atoms with Gasteiger partial charge in [-0.2, -0.15) is 0 Å². The number of benzene rings is 4. The summed E-state index contributed by atoms with van der Waals surface area (Å²) < 4.78 is 71.4. The van der Waals surface area contributed by atoms with E-state index >= 15 is 0 Å². The third-order valence-corrected chi connectivity index (χ3v) is 18.6. The van der Waals surface area contributed by atoms with Crippen molar-refractivity contribution >= 4 is 79.5 Å². The summed E-state index contributed by atoms with van der Waals surface area (Å²) in [6, 6.07) is 18.9. The van der Waals surface area contributed by atoms with Gasteiger partial charge in [0.2, 0.25) is 0 Å². The van der Waals surface area contributed by atoms with Crippen LogP contribution in [0.3, 0.4) is 0 Å². The van der Waals surface area contributed by atoms with Crippen molar-refractivity contribution in [2.75, 3.05) is 0 Å². The van der Waals surface area contributed by atoms with Gasteiger partial charge >= 0.3 is 37.7 Å². The largest absolute Gasteiger partial charge is 2.00 e. The molecule has 0 fully saturated rings. The maximum absolute atomic E-state index is 11.9. The number of unbranched alkanes of at least 4 members (excludes halogenated alkanes) is 40. The number of fused-ring (bicyclic) bond motifs is 2. The fourth-order valence-electron chi connectivity index (χ4n) is 12.2. The van der Waals surface area contributed by atoms with Crippen molar-refractivity contribution < 1.29 is 25.9 Å². The molecule has 0 amide bonds. The Morgan fingerprint density at radius 3 is 0.679 bits per heavy atom. The van der Waals surface area contributed by atoms with Gasteiger partial charge < -0.3 is 9.11 Å². The van der Waals surface area contributed by atoms with Crippen LogP contribution in [0.2, 0.25) is 0 Å². The zero-order valence-corrected chi connectivity index (χ0v) is 56.5. The fourth-order valence-corrected chi connectivity index (χ4v) is 13.3. The van der Waals surface area contributed by atoms with E-state index in [9.17, 15) is 25.9 Å². The van der Waals surface area contributed by atoms with E-state index < -0.39 is 20.2 Å². The number of aryl methyl sites for hydroxylation is 4. The van der Waals surface area contributed by atoms with E-state index in [0.29, 0.717) is 0 Å². The molecule has 6 nitrogen and oxygen atoms in total. The molecule has 0 saturated heterocycles. The maximum Gasteiger partial charge on any atom is 2.00 e. The van der Waals surface area contributed by atoms with Crippen LogP contribution in [0.25, 0.3) is 21.5 Å². The molecular weight excluding hydrogens is 1060 g/mol. The van der Waals surface area contributed by atoms with Crippen molar-refractivity contribution in [3.63, 3.8) is 0 Å². The normalized spacial score (nSPS) is 11.8. The van der Waals surface area contributed by atoms with Crippen LogP contribution in [0.1, 0.15) is 332 Å². The van der Waals surface area contributed by atoms with Crippen LogP contribution in [0.4, 0.5) is 0 Å². The van der Waals surface area contributed by atoms with Crippen LogP contribution in [-0.4, -0.2) is 63.7 Å². The SMILES string of the molecule is CCCCCCCCCCCCCc1cccc2cc(S(=O)(=O)[O-])cc(CCCCCCCCCCCCC)c12.CCCCCCCCCCCCCc1cccc2cc(S(=O)(=O)[O-])cc(CCCCCCCCCCCCC)c12.[Ca+2]. The minimum absolute atomic E-state index is 0. The smallest absolute Gasteiger partial charge is 0.744 e. The van der Waals surface area contributed by atoms with Crippen molar-refractivity contribution in [1.82, 2.24) is 0 Å². The molecule has 456 valence electrons. The van der Waals surface area contributed by atoms with Gasteiger partial charge in [0.05, 0.1) is 9.79 Å². The first-order valence-corrected chi connectivity index (χ1v) is 36.8. The molecule has 0 aliphatic carbocycles. The molecule has 0 spiro atoms. The van der Waals surface area contributed by atoms with Gasteiger partial charge in [0, 0.05) is 0 Å². The van der Waals surface area contributed by atoms with Crippen LogP contribution in [0.15, 0.2) is 70.5 Å². The van der Waals surface area contributed by atoms with E-state index in [-0.39, 0.29) is 47.5 Å². The monoisotopic (exact) mass is 1180 g/mol. The van der Waals surface area contributed by atoms with Gasteiger partial charge in [-0.05, 0) is 119 Å². The van der Waals surface area contributed by atoms with Gasteiger partial charge in [-0.1, -0.05) is 321 Å². The summed E-state index contributed by atoms with van der Waals surface area (Å²) in [6.07, 6.45) is 61.3. The maximum atomic E-state index is 11.9. The van der Waals surface area contributed by atoms with Gasteiger partial charge in [0.15, 0.2) is 0 Å². The molecule has 0 heterocycles. The number of hydrogen-bond donors (Lipinski definition) is 0. The summed E-state index contributed by atoms with van der Waals surface area (Å²) in [4.78, 5) is -0.158. The average Bonchev–Trinajstić information content (AvgIpc) is 3.47. The third kappa shape index (κ3) is 35.0. The molecule has 0 aliphatic rings. The molecule has 0 bridgehead atoms. The molecule has 0 aliphatic heterocycles. The van der Waals surface area contributed by atoms with Crippen LogP contribution in [-0.2, 0) is 45.9 Å².